The second-order valence-electron chi connectivity index (χ2n) is 8.96. The summed E-state index contributed by atoms with van der Waals surface area (Å²) in [6, 6.07) is 9.71. The number of carbonyl (C=O) groups is 1. The summed E-state index contributed by atoms with van der Waals surface area (Å²) in [5, 5.41) is 0.867. The van der Waals surface area contributed by atoms with Gasteiger partial charge in [0.1, 0.15) is 7.14 Å². The summed E-state index contributed by atoms with van der Waals surface area (Å²) >= 11 is 0. The molecule has 0 aliphatic heterocycles. The van der Waals surface area contributed by atoms with Crippen LogP contribution >= 0.6 is 7.14 Å². The van der Waals surface area contributed by atoms with Crippen LogP contribution < -0.4 is 5.30 Å². The summed E-state index contributed by atoms with van der Waals surface area (Å²) in [7, 11) is -2.72. The van der Waals surface area contributed by atoms with Crippen molar-refractivity contribution in [1.29, 1.82) is 0 Å². The highest BCUT2D eigenvalue weighted by molar-refractivity contribution is 7.72. The minimum absolute atomic E-state index is 0.0561. The van der Waals surface area contributed by atoms with Gasteiger partial charge in [0.05, 0.1) is 6.16 Å². The zero-order valence-corrected chi connectivity index (χ0v) is 19.7. The average molecular weight is 408 g/mol. The van der Waals surface area contributed by atoms with Crippen LogP contribution in [-0.4, -0.2) is 36.2 Å². The average Bonchev–Trinajstić information content (AvgIpc) is 2.64. The second kappa shape index (κ2) is 13.2. The largest absolute Gasteiger partial charge is 0.342 e. The quantitative estimate of drug-likeness (QED) is 0.273. The molecule has 1 amide bonds. The van der Waals surface area contributed by atoms with Gasteiger partial charge in [0, 0.05) is 24.6 Å². The van der Waals surface area contributed by atoms with Crippen molar-refractivity contribution in [3.05, 3.63) is 30.3 Å². The zero-order chi connectivity index (χ0) is 21.0. The second-order valence-corrected chi connectivity index (χ2v) is 12.0. The van der Waals surface area contributed by atoms with Crippen LogP contribution in [0.25, 0.3) is 0 Å². The lowest BCUT2D eigenvalue weighted by Gasteiger charge is -2.28. The van der Waals surface area contributed by atoms with E-state index in [1.165, 1.54) is 25.7 Å². The molecule has 160 valence electrons. The maximum Gasteiger partial charge on any atom is 0.230 e. The predicted molar refractivity (Wildman–Crippen MR) is 123 cm³/mol. The molecule has 0 spiro atoms. The molecular weight excluding hydrogens is 365 g/mol. The van der Waals surface area contributed by atoms with Crippen molar-refractivity contribution < 1.29 is 9.36 Å². The summed E-state index contributed by atoms with van der Waals surface area (Å²) in [5.41, 5.74) is 0. The van der Waals surface area contributed by atoms with Gasteiger partial charge in [-0.15, -0.1) is 0 Å². The monoisotopic (exact) mass is 407 g/mol. The van der Waals surface area contributed by atoms with E-state index in [-0.39, 0.29) is 12.1 Å². The lowest BCUT2D eigenvalue weighted by atomic mass is 10.1. The number of carbonyl (C=O) groups excluding carboxylic acids is 1. The van der Waals surface area contributed by atoms with Gasteiger partial charge in [-0.05, 0) is 18.3 Å². The highest BCUT2D eigenvalue weighted by Crippen LogP contribution is 2.45. The lowest BCUT2D eigenvalue weighted by molar-refractivity contribution is -0.129. The van der Waals surface area contributed by atoms with E-state index in [0.29, 0.717) is 18.0 Å². The van der Waals surface area contributed by atoms with Crippen LogP contribution in [0.3, 0.4) is 0 Å². The van der Waals surface area contributed by atoms with Crippen LogP contribution in [0.2, 0.25) is 0 Å². The van der Waals surface area contributed by atoms with Crippen LogP contribution in [0, 0.1) is 11.8 Å². The third-order valence-corrected chi connectivity index (χ3v) is 8.07. The Labute approximate surface area is 173 Å². The number of hydrogen-bond donors (Lipinski definition) is 0. The van der Waals surface area contributed by atoms with Gasteiger partial charge in [-0.25, -0.2) is 0 Å². The van der Waals surface area contributed by atoms with Crippen molar-refractivity contribution in [3.63, 3.8) is 0 Å². The van der Waals surface area contributed by atoms with Crippen molar-refractivity contribution in [2.45, 2.75) is 73.1 Å². The fraction of sp³-hybridized carbons (Fsp3) is 0.708. The first-order valence-electron chi connectivity index (χ1n) is 11.2. The van der Waals surface area contributed by atoms with Gasteiger partial charge in [0.2, 0.25) is 5.91 Å². The molecule has 0 radical (unpaired) electrons. The highest BCUT2D eigenvalue weighted by atomic mass is 31.2. The molecule has 1 atom stereocenters. The van der Waals surface area contributed by atoms with Gasteiger partial charge in [-0.3, -0.25) is 4.79 Å². The van der Waals surface area contributed by atoms with Crippen LogP contribution in [-0.2, 0) is 9.36 Å². The van der Waals surface area contributed by atoms with Crippen molar-refractivity contribution in [2.75, 3.05) is 25.4 Å². The van der Waals surface area contributed by atoms with Gasteiger partial charge in [0.25, 0.3) is 0 Å². The minimum atomic E-state index is -2.72. The molecule has 0 aliphatic carbocycles. The molecule has 0 saturated carbocycles. The molecule has 0 aliphatic rings. The Hall–Kier alpha value is -1.08. The molecule has 0 unspecified atom stereocenters. The smallest absolute Gasteiger partial charge is 0.230 e. The summed E-state index contributed by atoms with van der Waals surface area (Å²) in [4.78, 5) is 15.1. The Morgan fingerprint density at radius 3 is 1.96 bits per heavy atom. The Morgan fingerprint density at radius 2 is 1.43 bits per heavy atom. The Morgan fingerprint density at radius 1 is 0.893 bits per heavy atom. The fourth-order valence-electron chi connectivity index (χ4n) is 3.62. The summed E-state index contributed by atoms with van der Waals surface area (Å²) in [5.74, 6) is 0.885. The minimum Gasteiger partial charge on any atom is -0.342 e. The van der Waals surface area contributed by atoms with Crippen LogP contribution in [0.1, 0.15) is 73.1 Å². The number of unbranched alkanes of at least 4 members (excludes halogenated alkanes) is 5. The molecule has 1 rings (SSSR count). The predicted octanol–water partition coefficient (Wildman–Crippen LogP) is 6.18. The van der Waals surface area contributed by atoms with E-state index in [4.69, 9.17) is 0 Å². The van der Waals surface area contributed by atoms with Crippen molar-refractivity contribution in [3.8, 4) is 0 Å². The number of nitrogens with zero attached hydrogens (tertiary/aromatic N) is 1. The Kier molecular flexibility index (Phi) is 11.8. The van der Waals surface area contributed by atoms with E-state index in [2.05, 4.69) is 34.6 Å². The van der Waals surface area contributed by atoms with E-state index in [9.17, 15) is 9.36 Å². The molecule has 4 heteroatoms. The molecule has 0 fully saturated rings. The zero-order valence-electron chi connectivity index (χ0n) is 18.8. The summed E-state index contributed by atoms with van der Waals surface area (Å²) in [6.07, 6.45) is 7.82. The molecule has 0 bridgehead atoms. The maximum absolute atomic E-state index is 13.9. The maximum atomic E-state index is 13.9. The van der Waals surface area contributed by atoms with Gasteiger partial charge in [-0.1, -0.05) is 97.1 Å². The molecule has 0 N–H and O–H groups in total. The number of hydrogen-bond acceptors (Lipinski definition) is 2. The van der Waals surface area contributed by atoms with Gasteiger partial charge in [-0.2, -0.15) is 0 Å². The number of rotatable bonds is 14. The van der Waals surface area contributed by atoms with Crippen molar-refractivity contribution in [2.24, 2.45) is 11.8 Å². The van der Waals surface area contributed by atoms with Gasteiger partial charge in [0.15, 0.2) is 0 Å². The first kappa shape index (κ1) is 25.0. The molecule has 1 aromatic carbocycles. The van der Waals surface area contributed by atoms with Crippen LogP contribution in [0.4, 0.5) is 0 Å². The lowest BCUT2D eigenvalue weighted by Crippen LogP contribution is -2.39. The Balaban J connectivity index is 2.86. The molecule has 0 heterocycles. The molecule has 3 nitrogen and oxygen atoms in total. The van der Waals surface area contributed by atoms with E-state index >= 15 is 0 Å². The van der Waals surface area contributed by atoms with E-state index in [0.717, 1.165) is 31.2 Å². The topological polar surface area (TPSA) is 37.4 Å². The van der Waals surface area contributed by atoms with Crippen LogP contribution in [0.5, 0.6) is 0 Å². The van der Waals surface area contributed by atoms with Gasteiger partial charge >= 0.3 is 0 Å². The van der Waals surface area contributed by atoms with E-state index in [1.54, 1.807) is 0 Å². The van der Waals surface area contributed by atoms with E-state index < -0.39 is 7.14 Å². The first-order chi connectivity index (χ1) is 13.3. The van der Waals surface area contributed by atoms with E-state index in [1.807, 2.05) is 35.2 Å². The van der Waals surface area contributed by atoms with Crippen LogP contribution in [0.15, 0.2) is 30.3 Å². The molecule has 0 aromatic heterocycles. The van der Waals surface area contributed by atoms with Crippen molar-refractivity contribution >= 4 is 18.4 Å². The first-order valence-corrected chi connectivity index (χ1v) is 13.3. The standard InChI is InChI=1S/C24H42NO2P/c1-6-7-8-9-10-14-17-28(27,23-15-12-11-13-16-23)20-24(26)25(18-21(2)3)19-22(4)5/h11-13,15-16,21-22H,6-10,14,17-20H2,1-5H3/t28-/m1/s1. The third kappa shape index (κ3) is 9.41. The molecule has 28 heavy (non-hydrogen) atoms. The number of benzene rings is 1. The fourth-order valence-corrected chi connectivity index (χ4v) is 6.31. The Bertz CT molecular complexity index is 588. The molecule has 1 aromatic rings. The van der Waals surface area contributed by atoms with Gasteiger partial charge < -0.3 is 9.46 Å². The van der Waals surface area contributed by atoms with Crippen molar-refractivity contribution in [1.82, 2.24) is 4.90 Å². The normalized spacial score (nSPS) is 13.7. The SMILES string of the molecule is CCCCCCCC[P@@](=O)(CC(=O)N(CC(C)C)CC(C)C)c1ccccc1. The molecule has 0 saturated heterocycles. The third-order valence-electron chi connectivity index (χ3n) is 5.01. The number of amides is 1. The summed E-state index contributed by atoms with van der Waals surface area (Å²) < 4.78 is 13.9. The molecular formula is C24H42NO2P. The highest BCUT2D eigenvalue weighted by Gasteiger charge is 2.30. The summed E-state index contributed by atoms with van der Waals surface area (Å²) in [6.45, 7) is 12.2.